The molecule has 1 saturated heterocycles. The fraction of sp³-hybridized carbons (Fsp3) is 0.350. The molecule has 0 N–H and O–H groups in total. The standard InChI is InChI=1S/C20H21N3O5/c1-26-14-7-5-13(6-8-14)23-19(24)16-11-22(10-15-4-3-9-28-15)12-17(18(16)21-23)20(25)27-2/h5-8,11-12,15H,3-4,9-10H2,1-2H3/t15-/m1/s1. The third kappa shape index (κ3) is 3.27. The van der Waals surface area contributed by atoms with Gasteiger partial charge >= 0.3 is 5.97 Å². The molecular formula is C20H21N3O5. The number of aromatic nitrogens is 3. The summed E-state index contributed by atoms with van der Waals surface area (Å²) in [7, 11) is 2.88. The van der Waals surface area contributed by atoms with Crippen LogP contribution in [0.4, 0.5) is 0 Å². The maximum absolute atomic E-state index is 13.0. The van der Waals surface area contributed by atoms with E-state index in [-0.39, 0.29) is 17.2 Å². The van der Waals surface area contributed by atoms with Crippen molar-refractivity contribution < 1.29 is 19.0 Å². The summed E-state index contributed by atoms with van der Waals surface area (Å²) < 4.78 is 18.8. The van der Waals surface area contributed by atoms with Crippen molar-refractivity contribution in [2.75, 3.05) is 20.8 Å². The van der Waals surface area contributed by atoms with Crippen LogP contribution in [0.15, 0.2) is 41.5 Å². The van der Waals surface area contributed by atoms with Crippen LogP contribution in [0.3, 0.4) is 0 Å². The molecule has 0 saturated carbocycles. The van der Waals surface area contributed by atoms with Crippen LogP contribution < -0.4 is 10.3 Å². The Morgan fingerprint density at radius 3 is 2.68 bits per heavy atom. The highest BCUT2D eigenvalue weighted by Gasteiger charge is 2.26. The number of carbonyl (C=O) groups excluding carboxylic acids is 1. The van der Waals surface area contributed by atoms with Gasteiger partial charge in [-0.2, -0.15) is 9.78 Å². The molecule has 1 atom stereocenters. The summed E-state index contributed by atoms with van der Waals surface area (Å²) in [5.74, 6) is 0.142. The lowest BCUT2D eigenvalue weighted by Crippen LogP contribution is -2.19. The Hall–Kier alpha value is -3.13. The fourth-order valence-corrected chi connectivity index (χ4v) is 3.45. The number of benzene rings is 1. The molecular weight excluding hydrogens is 362 g/mol. The minimum absolute atomic E-state index is 0.0692. The molecule has 0 amide bonds. The van der Waals surface area contributed by atoms with Crippen LogP contribution >= 0.6 is 0 Å². The number of nitrogens with zero attached hydrogens (tertiary/aromatic N) is 3. The molecule has 0 spiro atoms. The van der Waals surface area contributed by atoms with Crippen LogP contribution in [0.2, 0.25) is 0 Å². The molecule has 3 aliphatic rings. The van der Waals surface area contributed by atoms with Crippen LogP contribution in [-0.2, 0) is 16.0 Å². The number of esters is 1. The van der Waals surface area contributed by atoms with Crippen LogP contribution in [0, 0.1) is 0 Å². The summed E-state index contributed by atoms with van der Waals surface area (Å²) in [6.07, 6.45) is 5.42. The summed E-state index contributed by atoms with van der Waals surface area (Å²) in [6.45, 7) is 1.30. The molecule has 146 valence electrons. The van der Waals surface area contributed by atoms with Gasteiger partial charge in [0.2, 0.25) is 0 Å². The van der Waals surface area contributed by atoms with E-state index in [2.05, 4.69) is 5.10 Å². The molecule has 28 heavy (non-hydrogen) atoms. The van der Waals surface area contributed by atoms with Gasteiger partial charge in [0.15, 0.2) is 0 Å². The number of methoxy groups -OCH3 is 2. The van der Waals surface area contributed by atoms with Crippen LogP contribution in [0.1, 0.15) is 23.2 Å². The highest BCUT2D eigenvalue weighted by molar-refractivity contribution is 5.96. The predicted octanol–water partition coefficient (Wildman–Crippen LogP) is 2.11. The van der Waals surface area contributed by atoms with E-state index < -0.39 is 5.97 Å². The lowest BCUT2D eigenvalue weighted by atomic mass is 10.1. The molecule has 1 fully saturated rings. The molecule has 8 nitrogen and oxygen atoms in total. The molecule has 0 unspecified atom stereocenters. The van der Waals surface area contributed by atoms with Crippen LogP contribution in [0.5, 0.6) is 5.75 Å². The third-order valence-corrected chi connectivity index (χ3v) is 4.88. The molecule has 0 bridgehead atoms. The topological polar surface area (TPSA) is 84.6 Å². The average molecular weight is 383 g/mol. The van der Waals surface area contributed by atoms with E-state index in [0.29, 0.717) is 29.2 Å². The Balaban J connectivity index is 1.82. The van der Waals surface area contributed by atoms with Crippen molar-refractivity contribution in [3.8, 4) is 22.7 Å². The van der Waals surface area contributed by atoms with E-state index in [4.69, 9.17) is 14.2 Å². The first-order valence-electron chi connectivity index (χ1n) is 9.08. The van der Waals surface area contributed by atoms with Gasteiger partial charge in [0, 0.05) is 25.5 Å². The zero-order valence-corrected chi connectivity index (χ0v) is 15.8. The van der Waals surface area contributed by atoms with E-state index in [1.54, 1.807) is 43.8 Å². The molecule has 0 aromatic heterocycles. The van der Waals surface area contributed by atoms with Gasteiger partial charge in [0.05, 0.1) is 31.6 Å². The van der Waals surface area contributed by atoms with Crippen molar-refractivity contribution in [1.29, 1.82) is 0 Å². The molecule has 4 rings (SSSR count). The van der Waals surface area contributed by atoms with Crippen molar-refractivity contribution in [2.45, 2.75) is 25.5 Å². The van der Waals surface area contributed by atoms with Gasteiger partial charge in [-0.05, 0) is 37.1 Å². The maximum atomic E-state index is 13.0. The van der Waals surface area contributed by atoms with Gasteiger partial charge in [-0.1, -0.05) is 0 Å². The third-order valence-electron chi connectivity index (χ3n) is 4.88. The molecule has 8 heteroatoms. The first-order chi connectivity index (χ1) is 13.6. The number of pyridine rings is 1. The second-order valence-corrected chi connectivity index (χ2v) is 6.67. The lowest BCUT2D eigenvalue weighted by Gasteiger charge is -2.15. The predicted molar refractivity (Wildman–Crippen MR) is 101 cm³/mol. The zero-order valence-electron chi connectivity index (χ0n) is 15.8. The van der Waals surface area contributed by atoms with Gasteiger partial charge in [0.25, 0.3) is 5.56 Å². The Bertz CT molecular complexity index is 1020. The Labute approximate surface area is 161 Å². The number of fused-ring (bicyclic) bond motifs is 1. The van der Waals surface area contributed by atoms with Crippen LogP contribution in [0.25, 0.3) is 16.9 Å². The summed E-state index contributed by atoms with van der Waals surface area (Å²) in [5, 5.41) is 4.40. The molecule has 1 aromatic carbocycles. The van der Waals surface area contributed by atoms with Crippen molar-refractivity contribution in [3.63, 3.8) is 0 Å². The zero-order chi connectivity index (χ0) is 19.7. The first kappa shape index (κ1) is 18.2. The summed E-state index contributed by atoms with van der Waals surface area (Å²) in [4.78, 5) is 25.3. The summed E-state index contributed by atoms with van der Waals surface area (Å²) >= 11 is 0. The normalized spacial score (nSPS) is 16.4. The Kier molecular flexibility index (Phi) is 4.87. The first-order valence-corrected chi connectivity index (χ1v) is 9.08. The van der Waals surface area contributed by atoms with E-state index >= 15 is 0 Å². The fourth-order valence-electron chi connectivity index (χ4n) is 3.45. The molecule has 0 radical (unpaired) electrons. The molecule has 0 aliphatic carbocycles. The van der Waals surface area contributed by atoms with Gasteiger partial charge in [-0.3, -0.25) is 4.79 Å². The summed E-state index contributed by atoms with van der Waals surface area (Å²) in [5.41, 5.74) is 1.21. The second-order valence-electron chi connectivity index (χ2n) is 6.67. The van der Waals surface area contributed by atoms with Crippen molar-refractivity contribution in [3.05, 3.63) is 52.6 Å². The largest absolute Gasteiger partial charge is 0.497 e. The number of ether oxygens (including phenoxy) is 3. The van der Waals surface area contributed by atoms with Gasteiger partial charge in [-0.25, -0.2) is 4.79 Å². The highest BCUT2D eigenvalue weighted by Crippen LogP contribution is 2.25. The van der Waals surface area contributed by atoms with E-state index in [1.165, 1.54) is 11.8 Å². The van der Waals surface area contributed by atoms with Crippen LogP contribution in [-0.4, -0.2) is 47.2 Å². The van der Waals surface area contributed by atoms with Gasteiger partial charge in [0.1, 0.15) is 17.0 Å². The number of hydrogen-bond donors (Lipinski definition) is 0. The van der Waals surface area contributed by atoms with Crippen molar-refractivity contribution >= 4 is 5.97 Å². The minimum atomic E-state index is -0.536. The second kappa shape index (κ2) is 7.47. The quantitative estimate of drug-likeness (QED) is 0.628. The summed E-state index contributed by atoms with van der Waals surface area (Å²) in [6, 6.07) is 6.98. The van der Waals surface area contributed by atoms with E-state index in [0.717, 1.165) is 19.4 Å². The molecule has 1 aromatic rings. The average Bonchev–Trinajstić information content (AvgIpc) is 3.35. The number of rotatable bonds is 5. The number of carbonyl (C=O) groups is 1. The minimum Gasteiger partial charge on any atom is -0.497 e. The van der Waals surface area contributed by atoms with Gasteiger partial charge < -0.3 is 18.8 Å². The SMILES string of the molecule is COC(=O)c1cn(C[C@H]2CCCO2)cc2c(=O)n(-c3ccc(OC)cc3)nc1-2. The van der Waals surface area contributed by atoms with E-state index in [1.807, 2.05) is 4.57 Å². The van der Waals surface area contributed by atoms with Gasteiger partial charge in [-0.15, -0.1) is 0 Å². The van der Waals surface area contributed by atoms with Crippen molar-refractivity contribution in [2.24, 2.45) is 0 Å². The Morgan fingerprint density at radius 2 is 2.04 bits per heavy atom. The highest BCUT2D eigenvalue weighted by atomic mass is 16.5. The lowest BCUT2D eigenvalue weighted by molar-refractivity contribution is 0.0598. The van der Waals surface area contributed by atoms with Crippen molar-refractivity contribution in [1.82, 2.24) is 14.3 Å². The number of hydrogen-bond acceptors (Lipinski definition) is 6. The van der Waals surface area contributed by atoms with E-state index in [9.17, 15) is 9.59 Å². The smallest absolute Gasteiger partial charge is 0.341 e. The molecule has 3 aliphatic heterocycles. The maximum Gasteiger partial charge on any atom is 0.341 e. The molecule has 3 heterocycles. The Morgan fingerprint density at radius 1 is 1.25 bits per heavy atom. The monoisotopic (exact) mass is 383 g/mol.